The maximum atomic E-state index is 5.70. The zero-order chi connectivity index (χ0) is 9.10. The number of nitrogens with zero attached hydrogens (tertiary/aromatic N) is 1. The largest absolute Gasteiger partial charge is 0.361 e. The molecule has 1 aromatic heterocycles. The molecule has 2 rings (SSSR count). The average Bonchev–Trinajstić information content (AvgIpc) is 2.71. The fourth-order valence-electron chi connectivity index (χ4n) is 1.46. The van der Waals surface area contributed by atoms with Gasteiger partial charge in [0.1, 0.15) is 5.15 Å². The lowest BCUT2D eigenvalue weighted by Crippen LogP contribution is -2.16. The van der Waals surface area contributed by atoms with E-state index in [0.29, 0.717) is 5.15 Å². The third kappa shape index (κ3) is 2.56. The van der Waals surface area contributed by atoms with E-state index in [-0.39, 0.29) is 0 Å². The molecule has 1 aliphatic heterocycles. The Hall–Kier alpha value is -0.320. The minimum atomic E-state index is 0.581. The van der Waals surface area contributed by atoms with Crippen LogP contribution in [0.15, 0.2) is 5.38 Å². The molecule has 2 heterocycles. The van der Waals surface area contributed by atoms with Gasteiger partial charge < -0.3 is 10.6 Å². The SMILES string of the molecule is Clc1csc(NCC2CCNC2)n1. The second-order valence-electron chi connectivity index (χ2n) is 3.22. The minimum absolute atomic E-state index is 0.581. The van der Waals surface area contributed by atoms with Crippen molar-refractivity contribution >= 4 is 28.1 Å². The van der Waals surface area contributed by atoms with E-state index in [0.717, 1.165) is 30.7 Å². The number of hydrogen-bond donors (Lipinski definition) is 2. The van der Waals surface area contributed by atoms with Gasteiger partial charge in [-0.25, -0.2) is 4.98 Å². The Labute approximate surface area is 86.5 Å². The van der Waals surface area contributed by atoms with Crippen LogP contribution in [0.3, 0.4) is 0 Å². The van der Waals surface area contributed by atoms with E-state index in [9.17, 15) is 0 Å². The van der Waals surface area contributed by atoms with Gasteiger partial charge in [0.05, 0.1) is 0 Å². The summed E-state index contributed by atoms with van der Waals surface area (Å²) in [6, 6.07) is 0. The fourth-order valence-corrected chi connectivity index (χ4v) is 2.30. The van der Waals surface area contributed by atoms with E-state index < -0.39 is 0 Å². The predicted molar refractivity (Wildman–Crippen MR) is 56.6 cm³/mol. The average molecular weight is 218 g/mol. The zero-order valence-electron chi connectivity index (χ0n) is 7.22. The Bertz CT molecular complexity index is 270. The van der Waals surface area contributed by atoms with Crippen molar-refractivity contribution < 1.29 is 0 Å². The van der Waals surface area contributed by atoms with Gasteiger partial charge in [0.2, 0.25) is 0 Å². The van der Waals surface area contributed by atoms with Crippen molar-refractivity contribution in [2.45, 2.75) is 6.42 Å². The monoisotopic (exact) mass is 217 g/mol. The van der Waals surface area contributed by atoms with Crippen LogP contribution < -0.4 is 10.6 Å². The molecule has 0 aliphatic carbocycles. The molecular formula is C8H12ClN3S. The van der Waals surface area contributed by atoms with Crippen LogP contribution in [0.25, 0.3) is 0 Å². The normalized spacial score (nSPS) is 22.1. The molecule has 1 unspecified atom stereocenters. The second-order valence-corrected chi connectivity index (χ2v) is 4.46. The Morgan fingerprint density at radius 3 is 3.31 bits per heavy atom. The summed E-state index contributed by atoms with van der Waals surface area (Å²) in [5.74, 6) is 0.739. The predicted octanol–water partition coefficient (Wildman–Crippen LogP) is 1.82. The molecule has 72 valence electrons. The van der Waals surface area contributed by atoms with Crippen molar-refractivity contribution in [3.63, 3.8) is 0 Å². The first kappa shape index (κ1) is 9.24. The van der Waals surface area contributed by atoms with E-state index in [1.54, 1.807) is 11.3 Å². The Kier molecular flexibility index (Phi) is 3.03. The number of anilines is 1. The van der Waals surface area contributed by atoms with Crippen molar-refractivity contribution in [3.8, 4) is 0 Å². The first-order valence-electron chi connectivity index (χ1n) is 4.40. The lowest BCUT2D eigenvalue weighted by molar-refractivity contribution is 0.615. The van der Waals surface area contributed by atoms with E-state index >= 15 is 0 Å². The van der Waals surface area contributed by atoms with Gasteiger partial charge in [0.15, 0.2) is 5.13 Å². The van der Waals surface area contributed by atoms with E-state index in [2.05, 4.69) is 15.6 Å². The van der Waals surface area contributed by atoms with Crippen LogP contribution in [-0.4, -0.2) is 24.6 Å². The van der Waals surface area contributed by atoms with Crippen molar-refractivity contribution in [1.82, 2.24) is 10.3 Å². The number of rotatable bonds is 3. The molecule has 2 N–H and O–H groups in total. The van der Waals surface area contributed by atoms with E-state index in [4.69, 9.17) is 11.6 Å². The molecule has 0 radical (unpaired) electrons. The number of thiazole rings is 1. The molecule has 1 aromatic rings. The molecule has 1 atom stereocenters. The maximum absolute atomic E-state index is 5.70. The molecule has 0 bridgehead atoms. The number of aromatic nitrogens is 1. The zero-order valence-corrected chi connectivity index (χ0v) is 8.79. The summed E-state index contributed by atoms with van der Waals surface area (Å²) in [6.45, 7) is 3.26. The van der Waals surface area contributed by atoms with E-state index in [1.807, 2.05) is 5.38 Å². The first-order chi connectivity index (χ1) is 6.34. The van der Waals surface area contributed by atoms with Crippen LogP contribution in [-0.2, 0) is 0 Å². The van der Waals surface area contributed by atoms with Crippen LogP contribution in [0.5, 0.6) is 0 Å². The van der Waals surface area contributed by atoms with Crippen molar-refractivity contribution in [3.05, 3.63) is 10.5 Å². The highest BCUT2D eigenvalue weighted by molar-refractivity contribution is 7.14. The molecule has 1 saturated heterocycles. The molecule has 1 fully saturated rings. The van der Waals surface area contributed by atoms with E-state index in [1.165, 1.54) is 6.42 Å². The first-order valence-corrected chi connectivity index (χ1v) is 5.66. The second kappa shape index (κ2) is 4.26. The summed E-state index contributed by atoms with van der Waals surface area (Å²) < 4.78 is 0. The molecule has 5 heteroatoms. The van der Waals surface area contributed by atoms with Gasteiger partial charge in [0, 0.05) is 11.9 Å². The van der Waals surface area contributed by atoms with Crippen LogP contribution in [0.2, 0.25) is 5.15 Å². The van der Waals surface area contributed by atoms with Gasteiger partial charge in [-0.05, 0) is 25.4 Å². The standard InChI is InChI=1S/C8H12ClN3S/c9-7-5-13-8(12-7)11-4-6-1-2-10-3-6/h5-6,10H,1-4H2,(H,11,12). The number of hydrogen-bond acceptors (Lipinski definition) is 4. The highest BCUT2D eigenvalue weighted by atomic mass is 35.5. The topological polar surface area (TPSA) is 37.0 Å². The van der Waals surface area contributed by atoms with Gasteiger partial charge >= 0.3 is 0 Å². The van der Waals surface area contributed by atoms with Gasteiger partial charge in [0.25, 0.3) is 0 Å². The highest BCUT2D eigenvalue weighted by Crippen LogP contribution is 2.19. The third-order valence-corrected chi connectivity index (χ3v) is 3.30. The van der Waals surface area contributed by atoms with Crippen molar-refractivity contribution in [2.75, 3.05) is 25.0 Å². The number of halogens is 1. The molecular weight excluding hydrogens is 206 g/mol. The molecule has 0 amide bonds. The van der Waals surface area contributed by atoms with Crippen LogP contribution >= 0.6 is 22.9 Å². The summed E-state index contributed by atoms with van der Waals surface area (Å²) >= 11 is 7.26. The third-order valence-electron chi connectivity index (χ3n) is 2.18. The highest BCUT2D eigenvalue weighted by Gasteiger charge is 2.14. The van der Waals surface area contributed by atoms with Gasteiger partial charge in [-0.2, -0.15) is 0 Å². The molecule has 0 saturated carbocycles. The van der Waals surface area contributed by atoms with Crippen LogP contribution in [0, 0.1) is 5.92 Å². The fraction of sp³-hybridized carbons (Fsp3) is 0.625. The van der Waals surface area contributed by atoms with Crippen LogP contribution in [0.4, 0.5) is 5.13 Å². The summed E-state index contributed by atoms with van der Waals surface area (Å²) in [4.78, 5) is 4.12. The molecule has 1 aliphatic rings. The summed E-state index contributed by atoms with van der Waals surface area (Å²) in [6.07, 6.45) is 1.26. The number of nitrogens with one attached hydrogen (secondary N) is 2. The maximum Gasteiger partial charge on any atom is 0.184 e. The lowest BCUT2D eigenvalue weighted by Gasteiger charge is -2.07. The van der Waals surface area contributed by atoms with Crippen molar-refractivity contribution in [2.24, 2.45) is 5.92 Å². The molecule has 0 aromatic carbocycles. The molecule has 3 nitrogen and oxygen atoms in total. The Morgan fingerprint density at radius 2 is 2.69 bits per heavy atom. The summed E-state index contributed by atoms with van der Waals surface area (Å²) in [5.41, 5.74) is 0. The summed E-state index contributed by atoms with van der Waals surface area (Å²) in [5, 5.41) is 9.97. The van der Waals surface area contributed by atoms with Gasteiger partial charge in [-0.3, -0.25) is 0 Å². The lowest BCUT2D eigenvalue weighted by atomic mass is 10.1. The minimum Gasteiger partial charge on any atom is -0.361 e. The molecule has 0 spiro atoms. The van der Waals surface area contributed by atoms with Gasteiger partial charge in [-0.15, -0.1) is 11.3 Å². The Balaban J connectivity index is 1.78. The quantitative estimate of drug-likeness (QED) is 0.811. The Morgan fingerprint density at radius 1 is 1.77 bits per heavy atom. The van der Waals surface area contributed by atoms with Crippen LogP contribution in [0.1, 0.15) is 6.42 Å². The summed E-state index contributed by atoms with van der Waals surface area (Å²) in [7, 11) is 0. The smallest absolute Gasteiger partial charge is 0.184 e. The van der Waals surface area contributed by atoms with Gasteiger partial charge in [-0.1, -0.05) is 11.6 Å². The molecule has 13 heavy (non-hydrogen) atoms. The van der Waals surface area contributed by atoms with Crippen molar-refractivity contribution in [1.29, 1.82) is 0 Å².